The first-order chi connectivity index (χ1) is 10.3. The van der Waals surface area contributed by atoms with Crippen molar-refractivity contribution in [1.82, 2.24) is 15.2 Å². The Morgan fingerprint density at radius 2 is 2.10 bits per heavy atom. The van der Waals surface area contributed by atoms with Crippen molar-refractivity contribution in [1.29, 1.82) is 0 Å². The molecule has 21 heavy (non-hydrogen) atoms. The van der Waals surface area contributed by atoms with Crippen LogP contribution in [-0.2, 0) is 6.54 Å². The van der Waals surface area contributed by atoms with E-state index < -0.39 is 0 Å². The van der Waals surface area contributed by atoms with Crippen LogP contribution in [0, 0.1) is 0 Å². The Balaban J connectivity index is 2.04. The number of aromatic nitrogens is 1. The Bertz CT molecular complexity index is 424. The Hall–Kier alpha value is -1.13. The second-order valence-electron chi connectivity index (χ2n) is 5.94. The first-order valence-electron chi connectivity index (χ1n) is 8.24. The Morgan fingerprint density at radius 3 is 2.81 bits per heavy atom. The van der Waals surface area contributed by atoms with Crippen LogP contribution >= 0.6 is 0 Å². The third kappa shape index (κ3) is 4.68. The van der Waals surface area contributed by atoms with Crippen molar-refractivity contribution in [3.8, 4) is 5.88 Å². The van der Waals surface area contributed by atoms with Crippen LogP contribution in [0.4, 0.5) is 0 Å². The average molecular weight is 291 g/mol. The molecule has 0 aromatic carbocycles. The predicted octanol–water partition coefficient (Wildman–Crippen LogP) is 2.83. The molecule has 2 heterocycles. The number of hydrogen-bond acceptors (Lipinski definition) is 4. The third-order valence-electron chi connectivity index (χ3n) is 4.23. The van der Waals surface area contributed by atoms with Crippen molar-refractivity contribution >= 4 is 0 Å². The van der Waals surface area contributed by atoms with E-state index in [2.05, 4.69) is 35.1 Å². The monoisotopic (exact) mass is 291 g/mol. The van der Waals surface area contributed by atoms with Gasteiger partial charge >= 0.3 is 0 Å². The molecular weight excluding hydrogens is 262 g/mol. The van der Waals surface area contributed by atoms with Crippen molar-refractivity contribution in [3.05, 3.63) is 23.9 Å². The van der Waals surface area contributed by atoms with E-state index in [0.29, 0.717) is 18.0 Å². The molecule has 2 unspecified atom stereocenters. The Kier molecular flexibility index (Phi) is 6.46. The highest BCUT2D eigenvalue weighted by Crippen LogP contribution is 2.18. The molecule has 1 N–H and O–H groups in total. The third-order valence-corrected chi connectivity index (χ3v) is 4.23. The van der Waals surface area contributed by atoms with E-state index in [1.54, 1.807) is 7.11 Å². The van der Waals surface area contributed by atoms with Gasteiger partial charge in [0.15, 0.2) is 0 Å². The van der Waals surface area contributed by atoms with Gasteiger partial charge in [-0.25, -0.2) is 4.98 Å². The van der Waals surface area contributed by atoms with Crippen LogP contribution in [-0.4, -0.2) is 42.2 Å². The highest BCUT2D eigenvalue weighted by atomic mass is 16.5. The quantitative estimate of drug-likeness (QED) is 0.838. The second kappa shape index (κ2) is 8.35. The smallest absolute Gasteiger partial charge is 0.213 e. The van der Waals surface area contributed by atoms with Crippen LogP contribution in [0.1, 0.15) is 45.2 Å². The number of nitrogens with zero attached hydrogens (tertiary/aromatic N) is 2. The average Bonchev–Trinajstić information content (AvgIpc) is 2.50. The molecule has 4 heteroatoms. The summed E-state index contributed by atoms with van der Waals surface area (Å²) in [7, 11) is 1.67. The molecule has 118 valence electrons. The highest BCUT2D eigenvalue weighted by Gasteiger charge is 2.27. The highest BCUT2D eigenvalue weighted by molar-refractivity contribution is 5.15. The fourth-order valence-corrected chi connectivity index (χ4v) is 3.15. The van der Waals surface area contributed by atoms with Crippen LogP contribution in [0.2, 0.25) is 0 Å². The standard InChI is InChI=1S/C17H29N3O/c1-4-7-14-12-20(16(8-5-2)11-18-14)13-15-9-6-10-17(19-15)21-3/h6,9-10,14,16,18H,4-5,7-8,11-13H2,1-3H3. The largest absolute Gasteiger partial charge is 0.481 e. The van der Waals surface area contributed by atoms with Gasteiger partial charge in [-0.05, 0) is 18.9 Å². The number of nitrogens with one attached hydrogen (secondary N) is 1. The first-order valence-corrected chi connectivity index (χ1v) is 8.24. The van der Waals surface area contributed by atoms with Gasteiger partial charge in [0.05, 0.1) is 12.8 Å². The lowest BCUT2D eigenvalue weighted by Gasteiger charge is -2.40. The molecule has 0 spiro atoms. The number of rotatable bonds is 7. The molecule has 0 aliphatic carbocycles. The maximum absolute atomic E-state index is 5.24. The molecule has 0 bridgehead atoms. The fraction of sp³-hybridized carbons (Fsp3) is 0.706. The minimum Gasteiger partial charge on any atom is -0.481 e. The molecule has 0 saturated carbocycles. The van der Waals surface area contributed by atoms with E-state index in [1.807, 2.05) is 12.1 Å². The number of ether oxygens (including phenoxy) is 1. The molecule has 1 aliphatic heterocycles. The molecule has 1 saturated heterocycles. The molecule has 1 aliphatic rings. The van der Waals surface area contributed by atoms with E-state index in [-0.39, 0.29) is 0 Å². The molecule has 1 aromatic heterocycles. The molecule has 2 rings (SSSR count). The summed E-state index contributed by atoms with van der Waals surface area (Å²) in [5.41, 5.74) is 1.10. The van der Waals surface area contributed by atoms with E-state index in [0.717, 1.165) is 25.3 Å². The zero-order valence-corrected chi connectivity index (χ0v) is 13.6. The maximum Gasteiger partial charge on any atom is 0.213 e. The van der Waals surface area contributed by atoms with Crippen LogP contribution in [0.3, 0.4) is 0 Å². The number of piperazine rings is 1. The SMILES string of the molecule is CCCC1CN(Cc2cccc(OC)n2)C(CCC)CN1. The molecule has 0 amide bonds. The van der Waals surface area contributed by atoms with Crippen molar-refractivity contribution in [2.24, 2.45) is 0 Å². The van der Waals surface area contributed by atoms with Gasteiger partial charge < -0.3 is 10.1 Å². The zero-order chi connectivity index (χ0) is 15.1. The summed E-state index contributed by atoms with van der Waals surface area (Å²) in [6.45, 7) is 7.66. The van der Waals surface area contributed by atoms with Crippen LogP contribution in [0.15, 0.2) is 18.2 Å². The number of methoxy groups -OCH3 is 1. The van der Waals surface area contributed by atoms with Gasteiger partial charge in [0, 0.05) is 37.8 Å². The minimum absolute atomic E-state index is 0.619. The lowest BCUT2D eigenvalue weighted by atomic mass is 10.0. The lowest BCUT2D eigenvalue weighted by molar-refractivity contribution is 0.110. The predicted molar refractivity (Wildman–Crippen MR) is 86.6 cm³/mol. The van der Waals surface area contributed by atoms with E-state index >= 15 is 0 Å². The van der Waals surface area contributed by atoms with Crippen LogP contribution < -0.4 is 10.1 Å². The number of pyridine rings is 1. The summed E-state index contributed by atoms with van der Waals surface area (Å²) >= 11 is 0. The minimum atomic E-state index is 0.619. The van der Waals surface area contributed by atoms with Gasteiger partial charge in [-0.2, -0.15) is 0 Å². The summed E-state index contributed by atoms with van der Waals surface area (Å²) in [6, 6.07) is 7.28. The first kappa shape index (κ1) is 16.2. The molecule has 4 nitrogen and oxygen atoms in total. The van der Waals surface area contributed by atoms with Gasteiger partial charge in [0.1, 0.15) is 0 Å². The number of hydrogen-bond donors (Lipinski definition) is 1. The van der Waals surface area contributed by atoms with Gasteiger partial charge in [-0.3, -0.25) is 4.90 Å². The van der Waals surface area contributed by atoms with Gasteiger partial charge in [-0.1, -0.05) is 32.8 Å². The lowest BCUT2D eigenvalue weighted by Crippen LogP contribution is -2.55. The fourth-order valence-electron chi connectivity index (χ4n) is 3.15. The second-order valence-corrected chi connectivity index (χ2v) is 5.94. The van der Waals surface area contributed by atoms with E-state index in [4.69, 9.17) is 4.74 Å². The summed E-state index contributed by atoms with van der Waals surface area (Å²) in [6.07, 6.45) is 4.96. The molecular formula is C17H29N3O. The normalized spacial score (nSPS) is 23.2. The van der Waals surface area contributed by atoms with Crippen LogP contribution in [0.5, 0.6) is 5.88 Å². The summed E-state index contributed by atoms with van der Waals surface area (Å²) < 4.78 is 5.24. The van der Waals surface area contributed by atoms with Crippen molar-refractivity contribution < 1.29 is 4.74 Å². The molecule has 1 aromatic rings. The molecule has 1 fully saturated rings. The maximum atomic E-state index is 5.24. The molecule has 0 radical (unpaired) electrons. The summed E-state index contributed by atoms with van der Waals surface area (Å²) in [5.74, 6) is 0.708. The van der Waals surface area contributed by atoms with Crippen LogP contribution in [0.25, 0.3) is 0 Å². The zero-order valence-electron chi connectivity index (χ0n) is 13.6. The Labute approximate surface area is 128 Å². The van der Waals surface area contributed by atoms with Crippen molar-refractivity contribution in [2.45, 2.75) is 58.2 Å². The van der Waals surface area contributed by atoms with E-state index in [1.165, 1.54) is 25.7 Å². The molecule has 2 atom stereocenters. The summed E-state index contributed by atoms with van der Waals surface area (Å²) in [5, 5.41) is 3.71. The van der Waals surface area contributed by atoms with Gasteiger partial charge in [0.25, 0.3) is 0 Å². The van der Waals surface area contributed by atoms with Crippen molar-refractivity contribution in [3.63, 3.8) is 0 Å². The summed E-state index contributed by atoms with van der Waals surface area (Å²) in [4.78, 5) is 7.17. The van der Waals surface area contributed by atoms with Crippen molar-refractivity contribution in [2.75, 3.05) is 20.2 Å². The van der Waals surface area contributed by atoms with E-state index in [9.17, 15) is 0 Å². The Morgan fingerprint density at radius 1 is 1.29 bits per heavy atom. The topological polar surface area (TPSA) is 37.4 Å². The van der Waals surface area contributed by atoms with Gasteiger partial charge in [-0.15, -0.1) is 0 Å². The van der Waals surface area contributed by atoms with Gasteiger partial charge in [0.2, 0.25) is 5.88 Å².